The van der Waals surface area contributed by atoms with Gasteiger partial charge in [0.2, 0.25) is 0 Å². The highest BCUT2D eigenvalue weighted by Gasteiger charge is 2.27. The SMILES string of the molecule is CC1CN(c2cc(F)cc(F)c2)C(c2ccccc2)CN1. The molecule has 1 fully saturated rings. The van der Waals surface area contributed by atoms with Gasteiger partial charge in [-0.25, -0.2) is 8.78 Å². The predicted octanol–water partition coefficient (Wildman–Crippen LogP) is 3.50. The fourth-order valence-electron chi connectivity index (χ4n) is 2.87. The lowest BCUT2D eigenvalue weighted by molar-refractivity contribution is 0.415. The van der Waals surface area contributed by atoms with Crippen LogP contribution in [0.5, 0.6) is 0 Å². The van der Waals surface area contributed by atoms with Gasteiger partial charge >= 0.3 is 0 Å². The lowest BCUT2D eigenvalue weighted by Crippen LogP contribution is -2.51. The summed E-state index contributed by atoms with van der Waals surface area (Å²) >= 11 is 0. The molecule has 0 aromatic heterocycles. The van der Waals surface area contributed by atoms with Gasteiger partial charge in [0.25, 0.3) is 0 Å². The molecule has 0 spiro atoms. The molecule has 4 heteroatoms. The van der Waals surface area contributed by atoms with Crippen molar-refractivity contribution in [3.05, 3.63) is 65.7 Å². The molecule has 2 aromatic carbocycles. The zero-order valence-corrected chi connectivity index (χ0v) is 11.9. The molecule has 2 atom stereocenters. The molecule has 110 valence electrons. The fourth-order valence-corrected chi connectivity index (χ4v) is 2.87. The molecule has 1 N–H and O–H groups in total. The molecule has 1 aliphatic heterocycles. The van der Waals surface area contributed by atoms with E-state index in [2.05, 4.69) is 17.1 Å². The highest BCUT2D eigenvalue weighted by molar-refractivity contribution is 5.50. The van der Waals surface area contributed by atoms with Crippen molar-refractivity contribution >= 4 is 5.69 Å². The van der Waals surface area contributed by atoms with E-state index in [0.29, 0.717) is 12.2 Å². The van der Waals surface area contributed by atoms with Crippen molar-refractivity contribution in [1.82, 2.24) is 5.32 Å². The molecule has 3 rings (SSSR count). The Balaban J connectivity index is 1.98. The standard InChI is InChI=1S/C17H18F2N2/c1-12-11-21(16-8-14(18)7-15(19)9-16)17(10-20-12)13-5-3-2-4-6-13/h2-9,12,17,20H,10-11H2,1H3. The smallest absolute Gasteiger partial charge is 0.128 e. The number of piperazine rings is 1. The number of nitrogens with one attached hydrogen (secondary N) is 1. The van der Waals surface area contributed by atoms with Crippen molar-refractivity contribution in [3.63, 3.8) is 0 Å². The van der Waals surface area contributed by atoms with Gasteiger partial charge in [-0.15, -0.1) is 0 Å². The van der Waals surface area contributed by atoms with Crippen LogP contribution in [0.25, 0.3) is 0 Å². The summed E-state index contributed by atoms with van der Waals surface area (Å²) in [4.78, 5) is 2.07. The van der Waals surface area contributed by atoms with Gasteiger partial charge in [-0.1, -0.05) is 30.3 Å². The molecular formula is C17H18F2N2. The van der Waals surface area contributed by atoms with Crippen LogP contribution in [0.3, 0.4) is 0 Å². The lowest BCUT2D eigenvalue weighted by atomic mass is 10.0. The monoisotopic (exact) mass is 288 g/mol. The summed E-state index contributed by atoms with van der Waals surface area (Å²) in [7, 11) is 0. The number of nitrogens with zero attached hydrogens (tertiary/aromatic N) is 1. The van der Waals surface area contributed by atoms with Crippen LogP contribution >= 0.6 is 0 Å². The van der Waals surface area contributed by atoms with E-state index >= 15 is 0 Å². The first-order valence-electron chi connectivity index (χ1n) is 7.14. The second-order valence-corrected chi connectivity index (χ2v) is 5.52. The third kappa shape index (κ3) is 3.05. The van der Waals surface area contributed by atoms with E-state index in [-0.39, 0.29) is 12.1 Å². The number of benzene rings is 2. The first-order valence-corrected chi connectivity index (χ1v) is 7.14. The molecule has 1 saturated heterocycles. The first-order chi connectivity index (χ1) is 10.1. The Morgan fingerprint density at radius 1 is 1.05 bits per heavy atom. The van der Waals surface area contributed by atoms with Crippen LogP contribution in [0.1, 0.15) is 18.5 Å². The van der Waals surface area contributed by atoms with E-state index in [1.807, 2.05) is 30.3 Å². The summed E-state index contributed by atoms with van der Waals surface area (Å²) in [5.41, 5.74) is 1.73. The molecule has 0 amide bonds. The third-order valence-corrected chi connectivity index (χ3v) is 3.87. The summed E-state index contributed by atoms with van der Waals surface area (Å²) in [5.74, 6) is -1.08. The maximum atomic E-state index is 13.5. The summed E-state index contributed by atoms with van der Waals surface area (Å²) in [6.45, 7) is 3.54. The van der Waals surface area contributed by atoms with Gasteiger partial charge in [-0.05, 0) is 24.6 Å². The fraction of sp³-hybridized carbons (Fsp3) is 0.294. The van der Waals surface area contributed by atoms with Gasteiger partial charge in [-0.3, -0.25) is 0 Å². The van der Waals surface area contributed by atoms with Crippen molar-refractivity contribution in [2.45, 2.75) is 19.0 Å². The van der Waals surface area contributed by atoms with E-state index in [0.717, 1.165) is 18.2 Å². The summed E-state index contributed by atoms with van der Waals surface area (Å²) in [6, 6.07) is 14.1. The van der Waals surface area contributed by atoms with Crippen LogP contribution in [0.2, 0.25) is 0 Å². The summed E-state index contributed by atoms with van der Waals surface area (Å²) in [6.07, 6.45) is 0. The minimum Gasteiger partial charge on any atom is -0.361 e. The summed E-state index contributed by atoms with van der Waals surface area (Å²) in [5, 5.41) is 3.43. The minimum atomic E-state index is -0.539. The van der Waals surface area contributed by atoms with Gasteiger partial charge in [0.05, 0.1) is 6.04 Å². The Morgan fingerprint density at radius 2 is 1.71 bits per heavy atom. The average molecular weight is 288 g/mol. The van der Waals surface area contributed by atoms with Gasteiger partial charge in [0.1, 0.15) is 11.6 Å². The van der Waals surface area contributed by atoms with Crippen LogP contribution in [0.4, 0.5) is 14.5 Å². The third-order valence-electron chi connectivity index (χ3n) is 3.87. The van der Waals surface area contributed by atoms with E-state index < -0.39 is 11.6 Å². The van der Waals surface area contributed by atoms with Crippen LogP contribution in [0, 0.1) is 11.6 Å². The number of halogens is 2. The predicted molar refractivity (Wildman–Crippen MR) is 80.4 cm³/mol. The minimum absolute atomic E-state index is 0.0728. The van der Waals surface area contributed by atoms with Crippen molar-refractivity contribution < 1.29 is 8.78 Å². The van der Waals surface area contributed by atoms with Gasteiger partial charge < -0.3 is 10.2 Å². The van der Waals surface area contributed by atoms with E-state index in [1.165, 1.54) is 12.1 Å². The highest BCUT2D eigenvalue weighted by atomic mass is 19.1. The molecule has 0 bridgehead atoms. The van der Waals surface area contributed by atoms with Crippen molar-refractivity contribution in [2.75, 3.05) is 18.0 Å². The van der Waals surface area contributed by atoms with E-state index in [4.69, 9.17) is 0 Å². The Morgan fingerprint density at radius 3 is 2.38 bits per heavy atom. The second kappa shape index (κ2) is 5.82. The molecule has 0 saturated carbocycles. The van der Waals surface area contributed by atoms with Crippen LogP contribution < -0.4 is 10.2 Å². The zero-order chi connectivity index (χ0) is 14.8. The summed E-state index contributed by atoms with van der Waals surface area (Å²) < 4.78 is 27.1. The van der Waals surface area contributed by atoms with E-state index in [1.54, 1.807) is 0 Å². The number of hydrogen-bond acceptors (Lipinski definition) is 2. The van der Waals surface area contributed by atoms with Gasteiger partial charge in [0.15, 0.2) is 0 Å². The Kier molecular flexibility index (Phi) is 3.88. The maximum absolute atomic E-state index is 13.5. The molecular weight excluding hydrogens is 270 g/mol. The van der Waals surface area contributed by atoms with Gasteiger partial charge in [0, 0.05) is 30.9 Å². The molecule has 1 heterocycles. The molecule has 0 radical (unpaired) electrons. The first kappa shape index (κ1) is 14.0. The quantitative estimate of drug-likeness (QED) is 0.910. The highest BCUT2D eigenvalue weighted by Crippen LogP contribution is 2.30. The number of rotatable bonds is 2. The molecule has 2 unspecified atom stereocenters. The molecule has 2 aromatic rings. The number of hydrogen-bond donors (Lipinski definition) is 1. The Labute approximate surface area is 123 Å². The zero-order valence-electron chi connectivity index (χ0n) is 11.9. The van der Waals surface area contributed by atoms with Crippen molar-refractivity contribution in [1.29, 1.82) is 0 Å². The van der Waals surface area contributed by atoms with Crippen LogP contribution in [-0.2, 0) is 0 Å². The maximum Gasteiger partial charge on any atom is 0.128 e. The van der Waals surface area contributed by atoms with Crippen molar-refractivity contribution in [2.24, 2.45) is 0 Å². The van der Waals surface area contributed by atoms with Crippen LogP contribution in [0.15, 0.2) is 48.5 Å². The van der Waals surface area contributed by atoms with E-state index in [9.17, 15) is 8.78 Å². The lowest BCUT2D eigenvalue weighted by Gasteiger charge is -2.41. The van der Waals surface area contributed by atoms with Crippen LogP contribution in [-0.4, -0.2) is 19.1 Å². The topological polar surface area (TPSA) is 15.3 Å². The Hall–Kier alpha value is -1.94. The van der Waals surface area contributed by atoms with Crippen molar-refractivity contribution in [3.8, 4) is 0 Å². The average Bonchev–Trinajstić information content (AvgIpc) is 2.47. The Bertz CT molecular complexity index is 595. The molecule has 1 aliphatic rings. The normalized spacial score (nSPS) is 22.3. The second-order valence-electron chi connectivity index (χ2n) is 5.52. The molecule has 2 nitrogen and oxygen atoms in total. The largest absolute Gasteiger partial charge is 0.361 e. The molecule has 0 aliphatic carbocycles. The van der Waals surface area contributed by atoms with Gasteiger partial charge in [-0.2, -0.15) is 0 Å². The number of anilines is 1. The molecule has 21 heavy (non-hydrogen) atoms.